The van der Waals surface area contributed by atoms with E-state index < -0.39 is 10.9 Å². The van der Waals surface area contributed by atoms with E-state index in [1.54, 1.807) is 13.0 Å². The van der Waals surface area contributed by atoms with Gasteiger partial charge in [-0.25, -0.2) is 4.79 Å². The molecule has 4 rings (SSSR count). The Bertz CT molecular complexity index is 1020. The number of aromatic nitrogens is 1. The Morgan fingerprint density at radius 3 is 2.59 bits per heavy atom. The molecule has 0 radical (unpaired) electrons. The fourth-order valence-electron chi connectivity index (χ4n) is 3.40. The summed E-state index contributed by atoms with van der Waals surface area (Å²) in [7, 11) is 0. The van der Waals surface area contributed by atoms with Crippen molar-refractivity contribution in [1.29, 1.82) is 0 Å². The smallest absolute Gasteiger partial charge is 0.345 e. The Hall–Kier alpha value is -3.62. The van der Waals surface area contributed by atoms with Crippen molar-refractivity contribution < 1.29 is 18.9 Å². The highest BCUT2D eigenvalue weighted by Crippen LogP contribution is 2.28. The summed E-state index contributed by atoms with van der Waals surface area (Å²) in [6, 6.07) is 12.8. The lowest BCUT2D eigenvalue weighted by molar-refractivity contribution is -0.385. The lowest BCUT2D eigenvalue weighted by atomic mass is 10.1. The minimum absolute atomic E-state index is 0.0317. The molecule has 0 N–H and O–H groups in total. The first-order valence-corrected chi connectivity index (χ1v) is 9.38. The molecule has 3 aromatic rings. The number of nitro benzene ring substituents is 1. The first-order chi connectivity index (χ1) is 14.1. The largest absolute Gasteiger partial charge is 0.462 e. The molecule has 1 saturated heterocycles. The zero-order valence-electron chi connectivity index (χ0n) is 15.9. The van der Waals surface area contributed by atoms with Crippen LogP contribution in [0.1, 0.15) is 17.3 Å². The molecule has 150 valence electrons. The van der Waals surface area contributed by atoms with Gasteiger partial charge in [0.15, 0.2) is 5.58 Å². The van der Waals surface area contributed by atoms with Crippen LogP contribution in [0.25, 0.3) is 11.1 Å². The van der Waals surface area contributed by atoms with Gasteiger partial charge in [0.25, 0.3) is 11.7 Å². The zero-order valence-corrected chi connectivity index (χ0v) is 15.9. The van der Waals surface area contributed by atoms with E-state index in [4.69, 9.17) is 9.15 Å². The Kier molecular flexibility index (Phi) is 5.03. The summed E-state index contributed by atoms with van der Waals surface area (Å²) in [4.78, 5) is 31.5. The van der Waals surface area contributed by atoms with Crippen LogP contribution in [0.2, 0.25) is 0 Å². The number of fused-ring (bicyclic) bond motifs is 1. The second-order valence-corrected chi connectivity index (χ2v) is 6.62. The number of para-hydroxylation sites is 2. The summed E-state index contributed by atoms with van der Waals surface area (Å²) in [6.07, 6.45) is 0. The van der Waals surface area contributed by atoms with Gasteiger partial charge in [-0.05, 0) is 31.2 Å². The van der Waals surface area contributed by atoms with Gasteiger partial charge in [0.2, 0.25) is 0 Å². The normalized spacial score (nSPS) is 14.2. The molecule has 0 amide bonds. The third kappa shape index (κ3) is 3.71. The molecule has 0 saturated carbocycles. The van der Waals surface area contributed by atoms with Crippen molar-refractivity contribution in [3.63, 3.8) is 0 Å². The molecular weight excluding hydrogens is 376 g/mol. The fraction of sp³-hybridized carbons (Fsp3) is 0.300. The number of esters is 1. The molecule has 0 spiro atoms. The van der Waals surface area contributed by atoms with Crippen LogP contribution in [0, 0.1) is 10.1 Å². The third-order valence-electron chi connectivity index (χ3n) is 4.87. The Balaban J connectivity index is 1.51. The Morgan fingerprint density at radius 1 is 1.17 bits per heavy atom. The van der Waals surface area contributed by atoms with Crippen molar-refractivity contribution in [3.05, 3.63) is 58.1 Å². The number of carbonyl (C=O) groups is 1. The van der Waals surface area contributed by atoms with Gasteiger partial charge in [-0.15, -0.1) is 0 Å². The highest BCUT2D eigenvalue weighted by Gasteiger charge is 2.26. The molecule has 2 aromatic carbocycles. The van der Waals surface area contributed by atoms with Crippen LogP contribution in [0.4, 0.5) is 17.4 Å². The van der Waals surface area contributed by atoms with Gasteiger partial charge in [-0.2, -0.15) is 4.98 Å². The van der Waals surface area contributed by atoms with Gasteiger partial charge in [0, 0.05) is 37.9 Å². The Morgan fingerprint density at radius 2 is 1.90 bits per heavy atom. The summed E-state index contributed by atoms with van der Waals surface area (Å²) in [5.41, 5.74) is 2.03. The predicted molar refractivity (Wildman–Crippen MR) is 107 cm³/mol. The van der Waals surface area contributed by atoms with E-state index in [9.17, 15) is 14.9 Å². The van der Waals surface area contributed by atoms with Crippen molar-refractivity contribution in [2.24, 2.45) is 0 Å². The van der Waals surface area contributed by atoms with Gasteiger partial charge in [0.05, 0.1) is 11.5 Å². The second kappa shape index (κ2) is 7.78. The average molecular weight is 396 g/mol. The maximum atomic E-state index is 12.2. The molecule has 9 nitrogen and oxygen atoms in total. The fourth-order valence-corrected chi connectivity index (χ4v) is 3.40. The van der Waals surface area contributed by atoms with E-state index in [0.29, 0.717) is 32.2 Å². The van der Waals surface area contributed by atoms with Crippen LogP contribution < -0.4 is 9.80 Å². The monoisotopic (exact) mass is 396 g/mol. The van der Waals surface area contributed by atoms with Crippen molar-refractivity contribution >= 4 is 34.5 Å². The maximum absolute atomic E-state index is 12.2. The van der Waals surface area contributed by atoms with Gasteiger partial charge in [0.1, 0.15) is 11.1 Å². The molecule has 0 unspecified atom stereocenters. The maximum Gasteiger partial charge on any atom is 0.345 e. The summed E-state index contributed by atoms with van der Waals surface area (Å²) < 4.78 is 10.8. The predicted octanol–water partition coefficient (Wildman–Crippen LogP) is 3.24. The SMILES string of the molecule is CCOC(=O)c1cc(N2CCN(c3nc4ccccc4o3)CC2)ccc1[N+](=O)[O-]. The lowest BCUT2D eigenvalue weighted by Crippen LogP contribution is -2.46. The molecule has 0 aliphatic carbocycles. The summed E-state index contributed by atoms with van der Waals surface area (Å²) >= 11 is 0. The third-order valence-corrected chi connectivity index (χ3v) is 4.87. The molecule has 0 atom stereocenters. The molecule has 2 heterocycles. The first-order valence-electron chi connectivity index (χ1n) is 9.38. The quantitative estimate of drug-likeness (QED) is 0.368. The van der Waals surface area contributed by atoms with E-state index in [-0.39, 0.29) is 17.9 Å². The summed E-state index contributed by atoms with van der Waals surface area (Å²) in [5, 5.41) is 11.3. The number of rotatable bonds is 5. The number of carbonyl (C=O) groups excluding carboxylic acids is 1. The number of hydrogen-bond acceptors (Lipinski definition) is 8. The van der Waals surface area contributed by atoms with Crippen molar-refractivity contribution in [2.45, 2.75) is 6.92 Å². The van der Waals surface area contributed by atoms with E-state index in [1.807, 2.05) is 24.3 Å². The minimum atomic E-state index is -0.689. The van der Waals surface area contributed by atoms with Crippen molar-refractivity contribution in [1.82, 2.24) is 4.98 Å². The average Bonchev–Trinajstić information content (AvgIpc) is 3.18. The molecule has 29 heavy (non-hydrogen) atoms. The first kappa shape index (κ1) is 18.7. The zero-order chi connectivity index (χ0) is 20.4. The van der Waals surface area contributed by atoms with E-state index in [1.165, 1.54) is 12.1 Å². The topological polar surface area (TPSA) is 102 Å². The second-order valence-electron chi connectivity index (χ2n) is 6.62. The standard InChI is InChI=1S/C20H20N4O5/c1-2-28-19(25)15-13-14(7-8-17(15)24(26)27)22-9-11-23(12-10-22)20-21-16-5-3-4-6-18(16)29-20/h3-8,13H,2,9-12H2,1H3. The van der Waals surface area contributed by atoms with Gasteiger partial charge < -0.3 is 19.0 Å². The molecular formula is C20H20N4O5. The highest BCUT2D eigenvalue weighted by atomic mass is 16.6. The molecule has 1 aromatic heterocycles. The van der Waals surface area contributed by atoms with Crippen LogP contribution in [-0.2, 0) is 4.74 Å². The van der Waals surface area contributed by atoms with E-state index in [2.05, 4.69) is 14.8 Å². The van der Waals surface area contributed by atoms with Crippen molar-refractivity contribution in [3.8, 4) is 0 Å². The summed E-state index contributed by atoms with van der Waals surface area (Å²) in [6.45, 7) is 4.51. The minimum Gasteiger partial charge on any atom is -0.462 e. The van der Waals surface area contributed by atoms with Gasteiger partial charge in [-0.3, -0.25) is 10.1 Å². The summed E-state index contributed by atoms with van der Waals surface area (Å²) in [5.74, 6) is -0.689. The number of hydrogen-bond donors (Lipinski definition) is 0. The van der Waals surface area contributed by atoms with Crippen LogP contribution in [-0.4, -0.2) is 48.7 Å². The number of nitrogens with zero attached hydrogens (tertiary/aromatic N) is 4. The van der Waals surface area contributed by atoms with E-state index >= 15 is 0 Å². The number of benzene rings is 2. The van der Waals surface area contributed by atoms with Crippen LogP contribution in [0.5, 0.6) is 0 Å². The van der Waals surface area contributed by atoms with Crippen LogP contribution >= 0.6 is 0 Å². The molecule has 1 aliphatic heterocycles. The molecule has 9 heteroatoms. The highest BCUT2D eigenvalue weighted by molar-refractivity contribution is 5.95. The van der Waals surface area contributed by atoms with E-state index in [0.717, 1.165) is 16.8 Å². The number of anilines is 2. The molecule has 1 fully saturated rings. The number of nitro groups is 1. The number of piperazine rings is 1. The molecule has 1 aliphatic rings. The van der Waals surface area contributed by atoms with Gasteiger partial charge in [-0.1, -0.05) is 12.1 Å². The van der Waals surface area contributed by atoms with Crippen LogP contribution in [0.15, 0.2) is 46.9 Å². The van der Waals surface area contributed by atoms with Crippen molar-refractivity contribution in [2.75, 3.05) is 42.6 Å². The van der Waals surface area contributed by atoms with Gasteiger partial charge >= 0.3 is 5.97 Å². The number of oxazole rings is 1. The number of ether oxygens (including phenoxy) is 1. The van der Waals surface area contributed by atoms with Crippen LogP contribution in [0.3, 0.4) is 0 Å². The molecule has 0 bridgehead atoms. The lowest BCUT2D eigenvalue weighted by Gasteiger charge is -2.35. The Labute approximate surface area is 166 Å².